The van der Waals surface area contributed by atoms with Gasteiger partial charge in [-0.25, -0.2) is 0 Å². The van der Waals surface area contributed by atoms with Crippen LogP contribution in [0.25, 0.3) is 16.9 Å². The molecule has 0 radical (unpaired) electrons. The van der Waals surface area contributed by atoms with Gasteiger partial charge in [-0.2, -0.15) is 0 Å². The summed E-state index contributed by atoms with van der Waals surface area (Å²) in [6, 6.07) is 6.70. The molecule has 0 bridgehead atoms. The van der Waals surface area contributed by atoms with E-state index in [9.17, 15) is 0 Å². The second-order valence-electron chi connectivity index (χ2n) is 8.03. The van der Waals surface area contributed by atoms with Crippen molar-refractivity contribution in [2.75, 3.05) is 0 Å². The van der Waals surface area contributed by atoms with Crippen molar-refractivity contribution in [1.29, 1.82) is 0 Å². The highest BCUT2D eigenvalue weighted by atomic mass is 28.3. The van der Waals surface area contributed by atoms with Crippen LogP contribution in [0.1, 0.15) is 41.1 Å². The Kier molecular flexibility index (Phi) is 3.77. The maximum Gasteiger partial charge on any atom is 0.137 e. The molecule has 2 aromatic rings. The summed E-state index contributed by atoms with van der Waals surface area (Å²) >= 11 is 0. The molecule has 4 rings (SSSR count). The highest BCUT2D eigenvalue weighted by Gasteiger charge is 2.40. The Morgan fingerprint density at radius 1 is 1.00 bits per heavy atom. The van der Waals surface area contributed by atoms with Crippen molar-refractivity contribution in [3.63, 3.8) is 0 Å². The third-order valence-electron chi connectivity index (χ3n) is 6.06. The van der Waals surface area contributed by atoms with Gasteiger partial charge in [0, 0.05) is 11.1 Å². The van der Waals surface area contributed by atoms with Crippen LogP contribution in [0.2, 0.25) is 13.1 Å². The first-order chi connectivity index (χ1) is 11.9. The summed E-state index contributed by atoms with van der Waals surface area (Å²) in [5.41, 5.74) is 8.66. The van der Waals surface area contributed by atoms with Crippen molar-refractivity contribution >= 4 is 13.6 Å². The molecule has 1 heterocycles. The Labute approximate surface area is 151 Å². The van der Waals surface area contributed by atoms with E-state index in [0.29, 0.717) is 5.54 Å². The molecule has 2 aliphatic carbocycles. The fourth-order valence-electron chi connectivity index (χ4n) is 4.47. The van der Waals surface area contributed by atoms with Gasteiger partial charge in [-0.15, -0.1) is 0 Å². The Balaban J connectivity index is 1.89. The monoisotopic (exact) mass is 346 g/mol. The van der Waals surface area contributed by atoms with Crippen molar-refractivity contribution in [3.05, 3.63) is 76.2 Å². The predicted octanol–water partition coefficient (Wildman–Crippen LogP) is 6.74. The molecule has 2 heteroatoms. The van der Waals surface area contributed by atoms with Gasteiger partial charge in [0.15, 0.2) is 0 Å². The second kappa shape index (κ2) is 5.74. The average molecular weight is 347 g/mol. The Morgan fingerprint density at radius 2 is 1.80 bits per heavy atom. The average Bonchev–Trinajstić information content (AvgIpc) is 3.29. The van der Waals surface area contributed by atoms with Crippen LogP contribution in [0.3, 0.4) is 0 Å². The summed E-state index contributed by atoms with van der Waals surface area (Å²) in [6.45, 7) is 11.6. The van der Waals surface area contributed by atoms with E-state index in [2.05, 4.69) is 76.4 Å². The predicted molar refractivity (Wildman–Crippen MR) is 109 cm³/mol. The van der Waals surface area contributed by atoms with Crippen molar-refractivity contribution in [3.8, 4) is 11.3 Å². The third kappa shape index (κ3) is 2.43. The summed E-state index contributed by atoms with van der Waals surface area (Å²) in [5, 5.41) is 1.66. The molecule has 1 aromatic heterocycles. The smallest absolute Gasteiger partial charge is 0.137 e. The van der Waals surface area contributed by atoms with E-state index < -0.39 is 8.07 Å². The molecular weight excluding hydrogens is 320 g/mol. The van der Waals surface area contributed by atoms with Crippen LogP contribution in [-0.2, 0) is 0 Å². The van der Waals surface area contributed by atoms with Crippen molar-refractivity contribution in [2.45, 2.75) is 45.8 Å². The maximum absolute atomic E-state index is 5.89. The maximum atomic E-state index is 5.89. The fourth-order valence-corrected chi connectivity index (χ4v) is 7.73. The molecule has 1 atom stereocenters. The van der Waals surface area contributed by atoms with Gasteiger partial charge in [0.25, 0.3) is 0 Å². The highest BCUT2D eigenvalue weighted by Crippen LogP contribution is 2.49. The molecule has 0 fully saturated rings. The zero-order valence-corrected chi connectivity index (χ0v) is 16.8. The number of furan rings is 1. The molecule has 1 nitrogen and oxygen atoms in total. The first-order valence-electron chi connectivity index (χ1n) is 9.14. The molecule has 2 aliphatic rings. The summed E-state index contributed by atoms with van der Waals surface area (Å²) in [7, 11) is -1.58. The molecule has 0 N–H and O–H groups in total. The van der Waals surface area contributed by atoms with Gasteiger partial charge in [-0.05, 0) is 61.1 Å². The second-order valence-corrected chi connectivity index (χ2v) is 12.7. The van der Waals surface area contributed by atoms with Crippen molar-refractivity contribution in [2.24, 2.45) is 0 Å². The van der Waals surface area contributed by atoms with E-state index in [0.717, 1.165) is 12.2 Å². The van der Waals surface area contributed by atoms with Gasteiger partial charge in [0.1, 0.15) is 5.76 Å². The van der Waals surface area contributed by atoms with Crippen molar-refractivity contribution < 1.29 is 4.42 Å². The molecule has 0 saturated heterocycles. The minimum Gasteiger partial charge on any atom is -0.464 e. The number of benzene rings is 1. The van der Waals surface area contributed by atoms with E-state index in [4.69, 9.17) is 4.42 Å². The lowest BCUT2D eigenvalue weighted by molar-refractivity contribution is 0.580. The van der Waals surface area contributed by atoms with Gasteiger partial charge in [-0.3, -0.25) is 0 Å². The molecule has 128 valence electrons. The third-order valence-corrected chi connectivity index (χ3v) is 10.1. The van der Waals surface area contributed by atoms with E-state index in [1.165, 1.54) is 33.4 Å². The van der Waals surface area contributed by atoms with E-state index in [1.807, 2.05) is 6.26 Å². The Bertz CT molecular complexity index is 937. The number of rotatable bonds is 3. The molecular formula is C23H26OSi. The molecule has 1 unspecified atom stereocenters. The summed E-state index contributed by atoms with van der Waals surface area (Å²) < 4.78 is 5.89. The zero-order chi connectivity index (χ0) is 17.8. The SMILES string of the molecule is CC1=CC([Si](C)(C)C2=CC=CC2)c2ccc(C)c(-c3occc3C)c21. The van der Waals surface area contributed by atoms with Gasteiger partial charge >= 0.3 is 0 Å². The summed E-state index contributed by atoms with van der Waals surface area (Å²) in [6.07, 6.45) is 12.3. The number of allylic oxidation sites excluding steroid dienone is 6. The van der Waals surface area contributed by atoms with E-state index in [-0.39, 0.29) is 0 Å². The minimum absolute atomic E-state index is 0.545. The molecule has 0 saturated carbocycles. The largest absolute Gasteiger partial charge is 0.464 e. The molecule has 0 spiro atoms. The highest BCUT2D eigenvalue weighted by molar-refractivity contribution is 6.86. The molecule has 1 aromatic carbocycles. The number of hydrogen-bond acceptors (Lipinski definition) is 1. The molecule has 25 heavy (non-hydrogen) atoms. The molecule has 0 amide bonds. The Hall–Kier alpha value is -2.06. The van der Waals surface area contributed by atoms with Crippen molar-refractivity contribution in [1.82, 2.24) is 0 Å². The standard InChI is InChI=1S/C23H26OSi/c1-15-10-11-19-20(25(4,5)18-8-6-7-9-18)14-17(3)21(19)22(15)23-16(2)12-13-24-23/h6-8,10-14,20H,9H2,1-5H3. The van der Waals surface area contributed by atoms with Crippen LogP contribution < -0.4 is 0 Å². The van der Waals surface area contributed by atoms with Crippen LogP contribution in [0, 0.1) is 13.8 Å². The number of aryl methyl sites for hydroxylation is 2. The summed E-state index contributed by atoms with van der Waals surface area (Å²) in [4.78, 5) is 0. The lowest BCUT2D eigenvalue weighted by Crippen LogP contribution is -2.36. The van der Waals surface area contributed by atoms with Crippen LogP contribution in [0.15, 0.2) is 58.4 Å². The van der Waals surface area contributed by atoms with Gasteiger partial charge < -0.3 is 4.42 Å². The van der Waals surface area contributed by atoms with Gasteiger partial charge in [0.05, 0.1) is 14.3 Å². The quantitative estimate of drug-likeness (QED) is 0.561. The fraction of sp³-hybridized carbons (Fsp3) is 0.304. The van der Waals surface area contributed by atoms with E-state index in [1.54, 1.807) is 5.20 Å². The first kappa shape index (κ1) is 16.4. The van der Waals surface area contributed by atoms with Gasteiger partial charge in [0.2, 0.25) is 0 Å². The lowest BCUT2D eigenvalue weighted by Gasteiger charge is -2.31. The zero-order valence-electron chi connectivity index (χ0n) is 15.8. The van der Waals surface area contributed by atoms with Crippen LogP contribution in [0.4, 0.5) is 0 Å². The van der Waals surface area contributed by atoms with Gasteiger partial charge in [-0.1, -0.05) is 54.7 Å². The molecule has 0 aliphatic heterocycles. The normalized spacial score (nSPS) is 19.2. The first-order valence-corrected chi connectivity index (χ1v) is 12.2. The van der Waals surface area contributed by atoms with E-state index >= 15 is 0 Å². The number of fused-ring (bicyclic) bond motifs is 1. The lowest BCUT2D eigenvalue weighted by atomic mass is 9.92. The van der Waals surface area contributed by atoms with Crippen LogP contribution >= 0.6 is 0 Å². The Morgan fingerprint density at radius 3 is 2.44 bits per heavy atom. The topological polar surface area (TPSA) is 13.1 Å². The summed E-state index contributed by atoms with van der Waals surface area (Å²) in [5.74, 6) is 1.03. The minimum atomic E-state index is -1.58. The van der Waals surface area contributed by atoms with Crippen LogP contribution in [0.5, 0.6) is 0 Å². The number of hydrogen-bond donors (Lipinski definition) is 0. The van der Waals surface area contributed by atoms with Crippen LogP contribution in [-0.4, -0.2) is 8.07 Å².